The molecule has 1 aromatic carbocycles. The van der Waals surface area contributed by atoms with Crippen LogP contribution in [0.4, 0.5) is 0 Å². The minimum Gasteiger partial charge on any atom is -0.508 e. The van der Waals surface area contributed by atoms with Crippen LogP contribution in [-0.4, -0.2) is 36.9 Å². The third kappa shape index (κ3) is 8.42. The largest absolute Gasteiger partial charge is 0.508 e. The molecule has 0 aliphatic carbocycles. The molecule has 0 saturated heterocycles. The van der Waals surface area contributed by atoms with Crippen LogP contribution in [0.5, 0.6) is 11.5 Å². The fraction of sp³-hybridized carbons (Fsp3) is 0.579. The number of ether oxygens (including phenoxy) is 3. The number of phenols is 1. The van der Waals surface area contributed by atoms with E-state index in [9.17, 15) is 14.7 Å². The van der Waals surface area contributed by atoms with Gasteiger partial charge in [0.1, 0.15) is 11.5 Å². The van der Waals surface area contributed by atoms with Crippen molar-refractivity contribution in [1.82, 2.24) is 0 Å². The molecule has 0 bridgehead atoms. The molecular weight excluding hydrogens is 324 g/mol. The lowest BCUT2D eigenvalue weighted by Crippen LogP contribution is -2.28. The van der Waals surface area contributed by atoms with Crippen LogP contribution in [0.1, 0.15) is 46.0 Å². The van der Waals surface area contributed by atoms with Crippen molar-refractivity contribution in [2.75, 3.05) is 19.8 Å². The molecule has 0 amide bonds. The van der Waals surface area contributed by atoms with Gasteiger partial charge in [0.05, 0.1) is 19.8 Å². The minimum absolute atomic E-state index is 0.213. The van der Waals surface area contributed by atoms with Crippen molar-refractivity contribution in [3.63, 3.8) is 0 Å². The van der Waals surface area contributed by atoms with E-state index in [4.69, 9.17) is 14.2 Å². The van der Waals surface area contributed by atoms with Crippen LogP contribution in [0, 0.1) is 5.92 Å². The molecule has 0 aliphatic rings. The van der Waals surface area contributed by atoms with Crippen molar-refractivity contribution >= 4 is 11.9 Å². The van der Waals surface area contributed by atoms with Gasteiger partial charge in [0.25, 0.3) is 0 Å². The zero-order valence-electron chi connectivity index (χ0n) is 15.0. The fourth-order valence-corrected chi connectivity index (χ4v) is 2.35. The Balaban J connectivity index is 2.21. The number of unbranched alkanes of at least 4 members (excludes halogenated alkanes) is 3. The molecular formula is C19H28O6. The smallest absolute Gasteiger partial charge is 0.320 e. The van der Waals surface area contributed by atoms with Crippen molar-refractivity contribution in [1.29, 1.82) is 0 Å². The van der Waals surface area contributed by atoms with Crippen LogP contribution < -0.4 is 4.74 Å². The Morgan fingerprint density at radius 3 is 2.04 bits per heavy atom. The molecule has 0 radical (unpaired) electrons. The summed E-state index contributed by atoms with van der Waals surface area (Å²) in [4.78, 5) is 23.7. The molecule has 1 N–H and O–H groups in total. The van der Waals surface area contributed by atoms with E-state index in [-0.39, 0.29) is 19.0 Å². The Labute approximate surface area is 149 Å². The molecule has 0 heterocycles. The molecule has 6 heteroatoms. The van der Waals surface area contributed by atoms with E-state index >= 15 is 0 Å². The first kappa shape index (κ1) is 20.8. The van der Waals surface area contributed by atoms with Crippen molar-refractivity contribution in [3.05, 3.63) is 24.3 Å². The van der Waals surface area contributed by atoms with Gasteiger partial charge in [0.15, 0.2) is 5.92 Å². The highest BCUT2D eigenvalue weighted by Crippen LogP contribution is 2.17. The maximum atomic E-state index is 11.8. The van der Waals surface area contributed by atoms with Gasteiger partial charge in [-0.2, -0.15) is 0 Å². The van der Waals surface area contributed by atoms with E-state index in [0.29, 0.717) is 13.0 Å². The summed E-state index contributed by atoms with van der Waals surface area (Å²) >= 11 is 0. The molecule has 0 atom stereocenters. The lowest BCUT2D eigenvalue weighted by Gasteiger charge is -2.14. The average Bonchev–Trinajstić information content (AvgIpc) is 2.59. The summed E-state index contributed by atoms with van der Waals surface area (Å²) in [5.74, 6) is -0.894. The number of hydrogen-bond donors (Lipinski definition) is 1. The number of benzene rings is 1. The number of carbonyl (C=O) groups is 2. The van der Waals surface area contributed by atoms with Crippen molar-refractivity contribution in [3.8, 4) is 11.5 Å². The third-order valence-electron chi connectivity index (χ3n) is 3.63. The zero-order valence-corrected chi connectivity index (χ0v) is 15.0. The first-order chi connectivity index (χ1) is 12.1. The van der Waals surface area contributed by atoms with Crippen LogP contribution in [0.2, 0.25) is 0 Å². The summed E-state index contributed by atoms with van der Waals surface area (Å²) in [6.07, 6.45) is 3.91. The first-order valence-electron chi connectivity index (χ1n) is 8.83. The van der Waals surface area contributed by atoms with Gasteiger partial charge < -0.3 is 19.3 Å². The Morgan fingerprint density at radius 1 is 0.920 bits per heavy atom. The molecule has 0 spiro atoms. The average molecular weight is 352 g/mol. The maximum absolute atomic E-state index is 11.8. The Hall–Kier alpha value is -2.24. The summed E-state index contributed by atoms with van der Waals surface area (Å²) < 4.78 is 15.5. The standard InChI is InChI=1S/C19H28O6/c1-3-23-18(21)17(19(22)24-4-2)9-7-5-6-8-14-25-16-12-10-15(20)11-13-16/h10-13,17,20H,3-9,14H2,1-2H3. The second-order valence-electron chi connectivity index (χ2n) is 5.60. The monoisotopic (exact) mass is 352 g/mol. The summed E-state index contributed by atoms with van der Waals surface area (Å²) in [5, 5.41) is 9.19. The van der Waals surface area contributed by atoms with Crippen LogP contribution in [0.25, 0.3) is 0 Å². The Morgan fingerprint density at radius 2 is 1.48 bits per heavy atom. The summed E-state index contributed by atoms with van der Waals surface area (Å²) in [7, 11) is 0. The molecule has 0 saturated carbocycles. The van der Waals surface area contributed by atoms with Gasteiger partial charge in [0, 0.05) is 0 Å². The van der Waals surface area contributed by atoms with Crippen LogP contribution in [0.3, 0.4) is 0 Å². The highest BCUT2D eigenvalue weighted by atomic mass is 16.6. The van der Waals surface area contributed by atoms with E-state index in [2.05, 4.69) is 0 Å². The molecule has 0 fully saturated rings. The topological polar surface area (TPSA) is 82.1 Å². The maximum Gasteiger partial charge on any atom is 0.320 e. The predicted octanol–water partition coefficient (Wildman–Crippen LogP) is 3.46. The normalized spacial score (nSPS) is 10.5. The van der Waals surface area contributed by atoms with E-state index in [1.165, 1.54) is 0 Å². The molecule has 0 aromatic heterocycles. The fourth-order valence-electron chi connectivity index (χ4n) is 2.35. The highest BCUT2D eigenvalue weighted by Gasteiger charge is 2.28. The van der Waals surface area contributed by atoms with Crippen LogP contribution in [0.15, 0.2) is 24.3 Å². The quantitative estimate of drug-likeness (QED) is 0.352. The van der Waals surface area contributed by atoms with E-state index in [1.54, 1.807) is 38.1 Å². The molecule has 25 heavy (non-hydrogen) atoms. The van der Waals surface area contributed by atoms with Gasteiger partial charge in [-0.25, -0.2) is 0 Å². The predicted molar refractivity (Wildman–Crippen MR) is 93.4 cm³/mol. The number of esters is 2. The van der Waals surface area contributed by atoms with Gasteiger partial charge in [-0.3, -0.25) is 9.59 Å². The first-order valence-corrected chi connectivity index (χ1v) is 8.83. The number of phenolic OH excluding ortho intramolecular Hbond substituents is 1. The molecule has 6 nitrogen and oxygen atoms in total. The SMILES string of the molecule is CCOC(=O)C(CCCCCCOc1ccc(O)cc1)C(=O)OCC. The van der Waals surface area contributed by atoms with Crippen molar-refractivity contribution < 1.29 is 28.9 Å². The summed E-state index contributed by atoms with van der Waals surface area (Å²) in [5.41, 5.74) is 0. The van der Waals surface area contributed by atoms with Gasteiger partial charge >= 0.3 is 11.9 Å². The lowest BCUT2D eigenvalue weighted by atomic mass is 10.0. The zero-order chi connectivity index (χ0) is 18.5. The second kappa shape index (κ2) is 12.2. The van der Waals surface area contributed by atoms with E-state index in [0.717, 1.165) is 31.4 Å². The van der Waals surface area contributed by atoms with E-state index in [1.807, 2.05) is 0 Å². The Kier molecular flexibility index (Phi) is 10.1. The Bertz CT molecular complexity index is 493. The summed E-state index contributed by atoms with van der Waals surface area (Å²) in [6.45, 7) is 4.53. The van der Waals surface area contributed by atoms with Gasteiger partial charge in [-0.05, 0) is 51.0 Å². The number of rotatable bonds is 12. The number of hydrogen-bond acceptors (Lipinski definition) is 6. The van der Waals surface area contributed by atoms with E-state index < -0.39 is 17.9 Å². The molecule has 140 valence electrons. The molecule has 0 unspecified atom stereocenters. The highest BCUT2D eigenvalue weighted by molar-refractivity contribution is 5.94. The lowest BCUT2D eigenvalue weighted by molar-refractivity contribution is -0.161. The van der Waals surface area contributed by atoms with Gasteiger partial charge in [-0.1, -0.05) is 19.3 Å². The van der Waals surface area contributed by atoms with Crippen LogP contribution in [-0.2, 0) is 19.1 Å². The summed E-state index contributed by atoms with van der Waals surface area (Å²) in [6, 6.07) is 6.61. The molecule has 0 aliphatic heterocycles. The number of aromatic hydroxyl groups is 1. The minimum atomic E-state index is -0.826. The number of carbonyl (C=O) groups excluding carboxylic acids is 2. The molecule has 1 aromatic rings. The van der Waals surface area contributed by atoms with Crippen molar-refractivity contribution in [2.45, 2.75) is 46.0 Å². The third-order valence-corrected chi connectivity index (χ3v) is 3.63. The second-order valence-corrected chi connectivity index (χ2v) is 5.60. The van der Waals surface area contributed by atoms with Crippen LogP contribution >= 0.6 is 0 Å². The molecule has 1 rings (SSSR count). The van der Waals surface area contributed by atoms with Gasteiger partial charge in [-0.15, -0.1) is 0 Å². The van der Waals surface area contributed by atoms with Gasteiger partial charge in [0.2, 0.25) is 0 Å². The van der Waals surface area contributed by atoms with Crippen molar-refractivity contribution in [2.24, 2.45) is 5.92 Å².